The van der Waals surface area contributed by atoms with Crippen molar-refractivity contribution < 1.29 is 9.90 Å². The second-order valence-corrected chi connectivity index (χ2v) is 4.58. The van der Waals surface area contributed by atoms with Crippen LogP contribution in [0.2, 0.25) is 0 Å². The number of aryl methyl sites for hydroxylation is 1. The molecule has 1 unspecified atom stereocenters. The average Bonchev–Trinajstić information content (AvgIpc) is 2.64. The number of carbonyl (C=O) groups is 1. The minimum atomic E-state index is -0.699. The SMILES string of the molecule is Cc1nccc(CN2CCC(CC(=O)O)C2)n1. The predicted octanol–water partition coefficient (Wildman–Crippen LogP) is 1.08. The van der Waals surface area contributed by atoms with Crippen LogP contribution in [-0.2, 0) is 11.3 Å². The van der Waals surface area contributed by atoms with Gasteiger partial charge in [-0.15, -0.1) is 0 Å². The van der Waals surface area contributed by atoms with Crippen molar-refractivity contribution in [1.82, 2.24) is 14.9 Å². The summed E-state index contributed by atoms with van der Waals surface area (Å²) < 4.78 is 0. The van der Waals surface area contributed by atoms with E-state index in [1.807, 2.05) is 13.0 Å². The van der Waals surface area contributed by atoms with Gasteiger partial charge in [-0.1, -0.05) is 0 Å². The first-order chi connectivity index (χ1) is 8.13. The maximum Gasteiger partial charge on any atom is 0.303 e. The number of rotatable bonds is 4. The van der Waals surface area contributed by atoms with Gasteiger partial charge in [-0.05, 0) is 31.9 Å². The molecule has 17 heavy (non-hydrogen) atoms. The molecule has 0 bridgehead atoms. The van der Waals surface area contributed by atoms with Gasteiger partial charge in [-0.3, -0.25) is 9.69 Å². The summed E-state index contributed by atoms with van der Waals surface area (Å²) in [5, 5.41) is 8.75. The van der Waals surface area contributed by atoms with Gasteiger partial charge < -0.3 is 5.11 Å². The fraction of sp³-hybridized carbons (Fsp3) is 0.583. The van der Waals surface area contributed by atoms with Gasteiger partial charge in [0.1, 0.15) is 5.82 Å². The van der Waals surface area contributed by atoms with Gasteiger partial charge in [0.2, 0.25) is 0 Å². The van der Waals surface area contributed by atoms with E-state index in [9.17, 15) is 4.79 Å². The maximum atomic E-state index is 10.6. The average molecular weight is 235 g/mol. The van der Waals surface area contributed by atoms with Crippen LogP contribution in [0.15, 0.2) is 12.3 Å². The summed E-state index contributed by atoms with van der Waals surface area (Å²) in [6, 6.07) is 1.91. The van der Waals surface area contributed by atoms with Crippen molar-refractivity contribution in [2.24, 2.45) is 5.92 Å². The summed E-state index contributed by atoms with van der Waals surface area (Å²) in [6.45, 7) is 4.48. The van der Waals surface area contributed by atoms with Crippen molar-refractivity contribution in [2.45, 2.75) is 26.3 Å². The Morgan fingerprint density at radius 2 is 2.47 bits per heavy atom. The van der Waals surface area contributed by atoms with E-state index >= 15 is 0 Å². The molecule has 1 saturated heterocycles. The quantitative estimate of drug-likeness (QED) is 0.846. The van der Waals surface area contributed by atoms with Crippen LogP contribution in [-0.4, -0.2) is 39.0 Å². The van der Waals surface area contributed by atoms with Crippen LogP contribution < -0.4 is 0 Å². The third-order valence-electron chi connectivity index (χ3n) is 3.05. The standard InChI is InChI=1S/C12H17N3O2/c1-9-13-4-2-11(14-9)8-15-5-3-10(7-15)6-12(16)17/h2,4,10H,3,5-8H2,1H3,(H,16,17). The minimum Gasteiger partial charge on any atom is -0.481 e. The van der Waals surface area contributed by atoms with Crippen molar-refractivity contribution >= 4 is 5.97 Å². The summed E-state index contributed by atoms with van der Waals surface area (Å²) in [5.41, 5.74) is 1.01. The van der Waals surface area contributed by atoms with E-state index in [0.29, 0.717) is 0 Å². The summed E-state index contributed by atoms with van der Waals surface area (Å²) in [6.07, 6.45) is 3.01. The van der Waals surface area contributed by atoms with Crippen molar-refractivity contribution in [1.29, 1.82) is 0 Å². The molecule has 1 fully saturated rings. The highest BCUT2D eigenvalue weighted by molar-refractivity contribution is 5.67. The molecule has 0 aliphatic carbocycles. The van der Waals surface area contributed by atoms with Gasteiger partial charge in [-0.2, -0.15) is 0 Å². The van der Waals surface area contributed by atoms with Crippen LogP contribution in [0, 0.1) is 12.8 Å². The molecule has 0 amide bonds. The Hall–Kier alpha value is -1.49. The molecule has 1 aromatic rings. The Labute approximate surface area is 100 Å². The fourth-order valence-corrected chi connectivity index (χ4v) is 2.29. The second kappa shape index (κ2) is 5.23. The van der Waals surface area contributed by atoms with Crippen LogP contribution in [0.5, 0.6) is 0 Å². The van der Waals surface area contributed by atoms with E-state index in [2.05, 4.69) is 14.9 Å². The van der Waals surface area contributed by atoms with Gasteiger partial charge in [0.25, 0.3) is 0 Å². The lowest BCUT2D eigenvalue weighted by molar-refractivity contribution is -0.138. The van der Waals surface area contributed by atoms with Crippen LogP contribution in [0.1, 0.15) is 24.4 Å². The number of aromatic nitrogens is 2. The smallest absolute Gasteiger partial charge is 0.303 e. The Morgan fingerprint density at radius 3 is 3.18 bits per heavy atom. The van der Waals surface area contributed by atoms with Crippen molar-refractivity contribution in [3.8, 4) is 0 Å². The number of carboxylic acid groups (broad SMARTS) is 1. The summed E-state index contributed by atoms with van der Waals surface area (Å²) in [4.78, 5) is 21.3. The molecular formula is C12H17N3O2. The molecule has 1 N–H and O–H groups in total. The Kier molecular flexibility index (Phi) is 3.68. The molecule has 5 nitrogen and oxygen atoms in total. The normalized spacial score (nSPS) is 20.6. The zero-order valence-electron chi connectivity index (χ0n) is 9.96. The number of carboxylic acids is 1. The zero-order chi connectivity index (χ0) is 12.3. The highest BCUT2D eigenvalue weighted by Gasteiger charge is 2.24. The van der Waals surface area contributed by atoms with Gasteiger partial charge in [0.15, 0.2) is 0 Å². The Morgan fingerprint density at radius 1 is 1.65 bits per heavy atom. The molecule has 1 aliphatic rings. The van der Waals surface area contributed by atoms with Crippen LogP contribution in [0.25, 0.3) is 0 Å². The molecule has 2 rings (SSSR count). The van der Waals surface area contributed by atoms with E-state index < -0.39 is 5.97 Å². The van der Waals surface area contributed by atoms with Gasteiger partial charge in [0.05, 0.1) is 5.69 Å². The zero-order valence-corrected chi connectivity index (χ0v) is 9.96. The van der Waals surface area contributed by atoms with E-state index in [4.69, 9.17) is 5.11 Å². The van der Waals surface area contributed by atoms with Crippen LogP contribution >= 0.6 is 0 Å². The molecule has 1 atom stereocenters. The molecule has 0 spiro atoms. The molecule has 1 aliphatic heterocycles. The van der Waals surface area contributed by atoms with E-state index in [1.54, 1.807) is 6.20 Å². The largest absolute Gasteiger partial charge is 0.481 e. The molecule has 5 heteroatoms. The number of hydrogen-bond acceptors (Lipinski definition) is 4. The molecule has 2 heterocycles. The van der Waals surface area contributed by atoms with E-state index in [1.165, 1.54) is 0 Å². The van der Waals surface area contributed by atoms with Crippen molar-refractivity contribution in [2.75, 3.05) is 13.1 Å². The highest BCUT2D eigenvalue weighted by Crippen LogP contribution is 2.20. The van der Waals surface area contributed by atoms with Gasteiger partial charge in [0, 0.05) is 25.7 Å². The third kappa shape index (κ3) is 3.49. The van der Waals surface area contributed by atoms with Gasteiger partial charge in [-0.25, -0.2) is 9.97 Å². The number of aliphatic carboxylic acids is 1. The van der Waals surface area contributed by atoms with Crippen LogP contribution in [0.3, 0.4) is 0 Å². The first-order valence-electron chi connectivity index (χ1n) is 5.86. The lowest BCUT2D eigenvalue weighted by atomic mass is 10.1. The third-order valence-corrected chi connectivity index (χ3v) is 3.05. The second-order valence-electron chi connectivity index (χ2n) is 4.58. The van der Waals surface area contributed by atoms with Crippen molar-refractivity contribution in [3.63, 3.8) is 0 Å². The molecule has 0 aromatic carbocycles. The van der Waals surface area contributed by atoms with Crippen molar-refractivity contribution in [3.05, 3.63) is 23.8 Å². The topological polar surface area (TPSA) is 66.3 Å². The number of hydrogen-bond donors (Lipinski definition) is 1. The predicted molar refractivity (Wildman–Crippen MR) is 62.4 cm³/mol. The van der Waals surface area contributed by atoms with Crippen LogP contribution in [0.4, 0.5) is 0 Å². The Balaban J connectivity index is 1.87. The lowest BCUT2D eigenvalue weighted by Gasteiger charge is -2.14. The maximum absolute atomic E-state index is 10.6. The first-order valence-corrected chi connectivity index (χ1v) is 5.86. The van der Waals surface area contributed by atoms with E-state index in [-0.39, 0.29) is 12.3 Å². The van der Waals surface area contributed by atoms with Gasteiger partial charge >= 0.3 is 5.97 Å². The fourth-order valence-electron chi connectivity index (χ4n) is 2.29. The summed E-state index contributed by atoms with van der Waals surface area (Å²) in [7, 11) is 0. The molecule has 1 aromatic heterocycles. The lowest BCUT2D eigenvalue weighted by Crippen LogP contribution is -2.21. The highest BCUT2D eigenvalue weighted by atomic mass is 16.4. The summed E-state index contributed by atoms with van der Waals surface area (Å²) in [5.74, 6) is 0.369. The first kappa shape index (κ1) is 12.0. The number of nitrogens with zero attached hydrogens (tertiary/aromatic N) is 3. The summed E-state index contributed by atoms with van der Waals surface area (Å²) >= 11 is 0. The molecule has 0 radical (unpaired) electrons. The Bertz CT molecular complexity index is 408. The monoisotopic (exact) mass is 235 g/mol. The molecule has 92 valence electrons. The number of likely N-dealkylation sites (tertiary alicyclic amines) is 1. The molecule has 0 saturated carbocycles. The van der Waals surface area contributed by atoms with E-state index in [0.717, 1.165) is 37.6 Å². The molecular weight excluding hydrogens is 218 g/mol. The minimum absolute atomic E-state index is 0.277.